The highest BCUT2D eigenvalue weighted by Gasteiger charge is 2.02. The summed E-state index contributed by atoms with van der Waals surface area (Å²) >= 11 is 0. The van der Waals surface area contributed by atoms with E-state index in [9.17, 15) is 0 Å². The van der Waals surface area contributed by atoms with Gasteiger partial charge in [-0.15, -0.1) is 0 Å². The summed E-state index contributed by atoms with van der Waals surface area (Å²) in [6.45, 7) is 4.45. The largest absolute Gasteiger partial charge is 0.324 e. The van der Waals surface area contributed by atoms with E-state index in [0.717, 1.165) is 0 Å². The molecule has 12 heavy (non-hydrogen) atoms. The zero-order valence-corrected chi connectivity index (χ0v) is 7.49. The summed E-state index contributed by atoms with van der Waals surface area (Å²) in [5.74, 6) is 0.601. The van der Waals surface area contributed by atoms with Crippen LogP contribution in [0.15, 0.2) is 36.7 Å². The Kier molecular flexibility index (Phi) is 1.65. The van der Waals surface area contributed by atoms with Gasteiger partial charge in [-0.05, 0) is 29.7 Å². The Morgan fingerprint density at radius 1 is 1.08 bits per heavy atom. The smallest absolute Gasteiger partial charge is 0.0484 e. The van der Waals surface area contributed by atoms with Crippen molar-refractivity contribution in [2.45, 2.75) is 19.8 Å². The first-order valence-electron chi connectivity index (χ1n) is 4.34. The molecule has 0 atom stereocenters. The van der Waals surface area contributed by atoms with Gasteiger partial charge in [-0.25, -0.2) is 0 Å². The van der Waals surface area contributed by atoms with E-state index >= 15 is 0 Å². The van der Waals surface area contributed by atoms with Gasteiger partial charge in [-0.1, -0.05) is 19.9 Å². The quantitative estimate of drug-likeness (QED) is 0.602. The maximum atomic E-state index is 2.22. The Balaban J connectivity index is 2.73. The molecule has 0 saturated heterocycles. The van der Waals surface area contributed by atoms with Crippen molar-refractivity contribution in [2.75, 3.05) is 0 Å². The molecule has 2 aromatic heterocycles. The second-order valence-electron chi connectivity index (χ2n) is 3.42. The fraction of sp³-hybridized carbons (Fsp3) is 0.273. The van der Waals surface area contributed by atoms with Gasteiger partial charge in [0.15, 0.2) is 0 Å². The highest BCUT2D eigenvalue weighted by Crippen LogP contribution is 2.20. The van der Waals surface area contributed by atoms with Crippen molar-refractivity contribution in [3.05, 3.63) is 42.2 Å². The number of hydrogen-bond donors (Lipinski definition) is 0. The molecular formula is C11H13N. The third-order valence-electron chi connectivity index (χ3n) is 2.22. The first-order valence-corrected chi connectivity index (χ1v) is 4.34. The molecule has 0 amide bonds. The molecule has 0 spiro atoms. The molecule has 0 fully saturated rings. The standard InChI is InChI=1S/C11H13N/c1-9(2)10-5-3-7-12-8-4-6-11(10)12/h3-9H,1-2H3. The Hall–Kier alpha value is -1.24. The van der Waals surface area contributed by atoms with Crippen LogP contribution in [0.2, 0.25) is 0 Å². The van der Waals surface area contributed by atoms with Gasteiger partial charge >= 0.3 is 0 Å². The van der Waals surface area contributed by atoms with Crippen LogP contribution < -0.4 is 0 Å². The van der Waals surface area contributed by atoms with Crippen LogP contribution in [0.1, 0.15) is 25.3 Å². The summed E-state index contributed by atoms with van der Waals surface area (Å²) in [6.07, 6.45) is 4.17. The molecule has 0 aromatic carbocycles. The molecule has 0 bridgehead atoms. The summed E-state index contributed by atoms with van der Waals surface area (Å²) < 4.78 is 2.16. The molecule has 0 aliphatic carbocycles. The molecule has 0 aliphatic rings. The highest BCUT2D eigenvalue weighted by atomic mass is 14.8. The molecule has 62 valence electrons. The summed E-state index contributed by atoms with van der Waals surface area (Å²) in [6, 6.07) is 8.54. The highest BCUT2D eigenvalue weighted by molar-refractivity contribution is 5.56. The van der Waals surface area contributed by atoms with Gasteiger partial charge in [0.05, 0.1) is 0 Å². The van der Waals surface area contributed by atoms with E-state index in [2.05, 4.69) is 54.9 Å². The summed E-state index contributed by atoms with van der Waals surface area (Å²) in [4.78, 5) is 0. The second-order valence-corrected chi connectivity index (χ2v) is 3.42. The molecule has 0 radical (unpaired) electrons. The molecule has 0 unspecified atom stereocenters. The predicted molar refractivity (Wildman–Crippen MR) is 51.5 cm³/mol. The molecule has 0 aliphatic heterocycles. The van der Waals surface area contributed by atoms with Crippen molar-refractivity contribution >= 4 is 5.52 Å². The zero-order chi connectivity index (χ0) is 8.55. The Morgan fingerprint density at radius 2 is 1.75 bits per heavy atom. The van der Waals surface area contributed by atoms with E-state index in [1.54, 1.807) is 0 Å². The van der Waals surface area contributed by atoms with Crippen LogP contribution in [-0.4, -0.2) is 4.40 Å². The maximum Gasteiger partial charge on any atom is 0.0484 e. The fourth-order valence-electron chi connectivity index (χ4n) is 1.58. The van der Waals surface area contributed by atoms with E-state index in [4.69, 9.17) is 0 Å². The van der Waals surface area contributed by atoms with E-state index in [1.165, 1.54) is 11.1 Å². The molecule has 2 heterocycles. The number of fused-ring (bicyclic) bond motifs is 1. The van der Waals surface area contributed by atoms with Gasteiger partial charge < -0.3 is 4.40 Å². The average Bonchev–Trinajstić information content (AvgIpc) is 2.49. The van der Waals surface area contributed by atoms with Gasteiger partial charge in [0.2, 0.25) is 0 Å². The van der Waals surface area contributed by atoms with Crippen molar-refractivity contribution in [3.8, 4) is 0 Å². The first kappa shape index (κ1) is 7.41. The third-order valence-corrected chi connectivity index (χ3v) is 2.22. The van der Waals surface area contributed by atoms with Crippen molar-refractivity contribution in [3.63, 3.8) is 0 Å². The van der Waals surface area contributed by atoms with Crippen LogP contribution in [0.3, 0.4) is 0 Å². The summed E-state index contributed by atoms with van der Waals surface area (Å²) in [7, 11) is 0. The van der Waals surface area contributed by atoms with E-state index in [1.807, 2.05) is 0 Å². The van der Waals surface area contributed by atoms with Crippen LogP contribution in [0.4, 0.5) is 0 Å². The Morgan fingerprint density at radius 3 is 2.42 bits per heavy atom. The van der Waals surface area contributed by atoms with E-state index < -0.39 is 0 Å². The molecular weight excluding hydrogens is 146 g/mol. The van der Waals surface area contributed by atoms with Crippen molar-refractivity contribution in [1.82, 2.24) is 4.40 Å². The number of rotatable bonds is 1. The van der Waals surface area contributed by atoms with Crippen molar-refractivity contribution < 1.29 is 0 Å². The van der Waals surface area contributed by atoms with Crippen LogP contribution in [0.5, 0.6) is 0 Å². The minimum absolute atomic E-state index is 0.601. The van der Waals surface area contributed by atoms with Crippen LogP contribution in [0.25, 0.3) is 5.52 Å². The third kappa shape index (κ3) is 1.02. The number of aromatic nitrogens is 1. The predicted octanol–water partition coefficient (Wildman–Crippen LogP) is 3.06. The lowest BCUT2D eigenvalue weighted by molar-refractivity contribution is 0.867. The number of nitrogens with zero attached hydrogens (tertiary/aromatic N) is 1. The van der Waals surface area contributed by atoms with Crippen LogP contribution in [0, 0.1) is 0 Å². The summed E-state index contributed by atoms with van der Waals surface area (Å²) in [5, 5.41) is 0. The van der Waals surface area contributed by atoms with Gasteiger partial charge in [0.25, 0.3) is 0 Å². The normalized spacial score (nSPS) is 11.2. The molecule has 1 heteroatoms. The van der Waals surface area contributed by atoms with E-state index in [0.29, 0.717) is 5.92 Å². The second kappa shape index (κ2) is 2.67. The maximum absolute atomic E-state index is 2.22. The molecule has 2 rings (SSSR count). The van der Waals surface area contributed by atoms with Crippen molar-refractivity contribution in [1.29, 1.82) is 0 Å². The van der Waals surface area contributed by atoms with Gasteiger partial charge in [0.1, 0.15) is 0 Å². The molecule has 2 aromatic rings. The minimum Gasteiger partial charge on any atom is -0.324 e. The number of pyridine rings is 1. The minimum atomic E-state index is 0.601. The number of hydrogen-bond acceptors (Lipinski definition) is 0. The first-order chi connectivity index (χ1) is 5.79. The lowest BCUT2D eigenvalue weighted by Crippen LogP contribution is -1.91. The fourth-order valence-corrected chi connectivity index (χ4v) is 1.58. The van der Waals surface area contributed by atoms with Crippen LogP contribution >= 0.6 is 0 Å². The van der Waals surface area contributed by atoms with Gasteiger partial charge in [0, 0.05) is 17.9 Å². The van der Waals surface area contributed by atoms with Crippen LogP contribution in [-0.2, 0) is 0 Å². The Labute approximate surface area is 72.6 Å². The van der Waals surface area contributed by atoms with E-state index in [-0.39, 0.29) is 0 Å². The van der Waals surface area contributed by atoms with Crippen molar-refractivity contribution in [2.24, 2.45) is 0 Å². The lowest BCUT2D eigenvalue weighted by atomic mass is 10.0. The Bertz CT molecular complexity index is 385. The van der Waals surface area contributed by atoms with Gasteiger partial charge in [-0.3, -0.25) is 0 Å². The van der Waals surface area contributed by atoms with Gasteiger partial charge in [-0.2, -0.15) is 0 Å². The topological polar surface area (TPSA) is 4.41 Å². The summed E-state index contributed by atoms with van der Waals surface area (Å²) in [5.41, 5.74) is 2.75. The molecule has 1 nitrogen and oxygen atoms in total. The zero-order valence-electron chi connectivity index (χ0n) is 7.49. The SMILES string of the molecule is CC(C)c1cccn2cccc12. The average molecular weight is 159 g/mol. The molecule has 0 N–H and O–H groups in total. The molecule has 0 saturated carbocycles. The lowest BCUT2D eigenvalue weighted by Gasteiger charge is -2.07. The monoisotopic (exact) mass is 159 g/mol.